The topological polar surface area (TPSA) is 0 Å². The molecule has 0 saturated heterocycles. The molecule has 64 valence electrons. The predicted molar refractivity (Wildman–Crippen MR) is 48.4 cm³/mol. The minimum absolute atomic E-state index is 0.581. The summed E-state index contributed by atoms with van der Waals surface area (Å²) in [5.74, 6) is 0. The van der Waals surface area contributed by atoms with Crippen LogP contribution in [0.2, 0.25) is 0 Å². The van der Waals surface area contributed by atoms with E-state index < -0.39 is 5.67 Å². The summed E-state index contributed by atoms with van der Waals surface area (Å²) in [7, 11) is 0. The molecule has 0 heterocycles. The molecule has 0 aromatic rings. The smallest absolute Gasteiger partial charge is 0.130 e. The second kappa shape index (κ2) is 3.21. The summed E-state index contributed by atoms with van der Waals surface area (Å²) in [5, 5.41) is 0. The van der Waals surface area contributed by atoms with E-state index in [4.69, 9.17) is 0 Å². The van der Waals surface area contributed by atoms with Crippen LogP contribution < -0.4 is 0 Å². The third kappa shape index (κ3) is 2.87. The summed E-state index contributed by atoms with van der Waals surface area (Å²) in [4.78, 5) is 0. The summed E-state index contributed by atoms with van der Waals surface area (Å²) in [6.45, 7) is 12.6. The highest BCUT2D eigenvalue weighted by Crippen LogP contribution is 2.26. The van der Waals surface area contributed by atoms with Crippen LogP contribution in [-0.2, 0) is 0 Å². The van der Waals surface area contributed by atoms with Gasteiger partial charge in [0, 0.05) is 0 Å². The van der Waals surface area contributed by atoms with E-state index in [0.29, 0.717) is 5.57 Å². The maximum absolute atomic E-state index is 13.3. The lowest BCUT2D eigenvalue weighted by molar-refractivity contribution is 0.272. The molecule has 0 spiro atoms. The highest BCUT2D eigenvalue weighted by molar-refractivity contribution is 5.35. The molecule has 0 aliphatic carbocycles. The van der Waals surface area contributed by atoms with E-state index in [-0.39, 0.29) is 0 Å². The van der Waals surface area contributed by atoms with Crippen molar-refractivity contribution in [3.8, 4) is 0 Å². The largest absolute Gasteiger partial charge is 0.239 e. The van der Waals surface area contributed by atoms with Crippen LogP contribution >= 0.6 is 0 Å². The fourth-order valence-electron chi connectivity index (χ4n) is 0.748. The Morgan fingerprint density at radius 3 is 1.64 bits per heavy atom. The standard InChI is InChI=1S/C10H17F/c1-7(2)8(3)9(4)10(5,6)11/h4H2,1-3,5-6H3. The molecule has 0 saturated carbocycles. The fourth-order valence-corrected chi connectivity index (χ4v) is 0.748. The Bertz CT molecular complexity index is 187. The number of allylic oxidation sites excluding steroid dienone is 3. The first-order valence-electron chi connectivity index (χ1n) is 3.79. The number of alkyl halides is 1. The van der Waals surface area contributed by atoms with Crippen molar-refractivity contribution in [2.24, 2.45) is 0 Å². The Morgan fingerprint density at radius 2 is 1.55 bits per heavy atom. The Labute approximate surface area is 68.8 Å². The van der Waals surface area contributed by atoms with Crippen molar-refractivity contribution >= 4 is 0 Å². The maximum Gasteiger partial charge on any atom is 0.130 e. The van der Waals surface area contributed by atoms with Crippen LogP contribution in [0.15, 0.2) is 23.3 Å². The normalized spacial score (nSPS) is 11.1. The SMILES string of the molecule is C=C(C(C)=C(C)C)C(C)(C)F. The summed E-state index contributed by atoms with van der Waals surface area (Å²) in [6.07, 6.45) is 0. The van der Waals surface area contributed by atoms with Crippen LogP contribution in [0.5, 0.6) is 0 Å². The molecule has 1 heteroatoms. The minimum Gasteiger partial charge on any atom is -0.239 e. The average Bonchev–Trinajstić information content (AvgIpc) is 1.82. The Morgan fingerprint density at radius 1 is 1.18 bits per heavy atom. The molecule has 0 bridgehead atoms. The summed E-state index contributed by atoms with van der Waals surface area (Å²) in [6, 6.07) is 0. The summed E-state index contributed by atoms with van der Waals surface area (Å²) in [5.41, 5.74) is 1.39. The monoisotopic (exact) mass is 156 g/mol. The van der Waals surface area contributed by atoms with Gasteiger partial charge in [-0.15, -0.1) is 0 Å². The molecule has 0 aromatic heterocycles. The van der Waals surface area contributed by atoms with Gasteiger partial charge >= 0.3 is 0 Å². The summed E-state index contributed by atoms with van der Waals surface area (Å²) >= 11 is 0. The Kier molecular flexibility index (Phi) is 3.03. The zero-order valence-electron chi connectivity index (χ0n) is 8.09. The molecule has 0 aromatic carbocycles. The zero-order chi connectivity index (χ0) is 9.23. The first kappa shape index (κ1) is 10.4. The van der Waals surface area contributed by atoms with Gasteiger partial charge in [0.25, 0.3) is 0 Å². The van der Waals surface area contributed by atoms with Gasteiger partial charge in [0.15, 0.2) is 0 Å². The number of rotatable bonds is 2. The molecule has 0 aliphatic heterocycles. The fraction of sp³-hybridized carbons (Fsp3) is 0.600. The van der Waals surface area contributed by atoms with Crippen molar-refractivity contribution in [2.75, 3.05) is 0 Å². The molecule has 0 N–H and O–H groups in total. The average molecular weight is 156 g/mol. The lowest BCUT2D eigenvalue weighted by Crippen LogP contribution is -2.15. The van der Waals surface area contributed by atoms with Crippen molar-refractivity contribution in [3.05, 3.63) is 23.3 Å². The molecule has 0 unspecified atom stereocenters. The van der Waals surface area contributed by atoms with Crippen molar-refractivity contribution in [1.82, 2.24) is 0 Å². The zero-order valence-corrected chi connectivity index (χ0v) is 8.09. The first-order valence-corrected chi connectivity index (χ1v) is 3.79. The van der Waals surface area contributed by atoms with E-state index in [0.717, 1.165) is 11.1 Å². The highest BCUT2D eigenvalue weighted by atomic mass is 19.1. The molecule has 0 radical (unpaired) electrons. The van der Waals surface area contributed by atoms with E-state index in [2.05, 4.69) is 6.58 Å². The quantitative estimate of drug-likeness (QED) is 0.535. The predicted octanol–water partition coefficient (Wildman–Crippen LogP) is 3.65. The maximum atomic E-state index is 13.3. The van der Waals surface area contributed by atoms with Gasteiger partial charge in [-0.25, -0.2) is 4.39 Å². The van der Waals surface area contributed by atoms with Crippen LogP contribution in [0.4, 0.5) is 4.39 Å². The molecule has 0 fully saturated rings. The highest BCUT2D eigenvalue weighted by Gasteiger charge is 2.21. The van der Waals surface area contributed by atoms with E-state index in [1.165, 1.54) is 13.8 Å². The lowest BCUT2D eigenvalue weighted by atomic mass is 9.93. The van der Waals surface area contributed by atoms with Gasteiger partial charge in [-0.2, -0.15) is 0 Å². The molecule has 0 aliphatic rings. The van der Waals surface area contributed by atoms with Crippen LogP contribution in [0, 0.1) is 0 Å². The third-order valence-electron chi connectivity index (χ3n) is 1.92. The van der Waals surface area contributed by atoms with Crippen molar-refractivity contribution in [3.63, 3.8) is 0 Å². The van der Waals surface area contributed by atoms with Gasteiger partial charge in [-0.3, -0.25) is 0 Å². The molecule has 0 nitrogen and oxygen atoms in total. The van der Waals surface area contributed by atoms with Gasteiger partial charge in [-0.1, -0.05) is 12.2 Å². The lowest BCUT2D eigenvalue weighted by Gasteiger charge is -2.19. The summed E-state index contributed by atoms with van der Waals surface area (Å²) < 4.78 is 13.3. The van der Waals surface area contributed by atoms with E-state index in [1.54, 1.807) is 0 Å². The van der Waals surface area contributed by atoms with Gasteiger partial charge < -0.3 is 0 Å². The second-order valence-corrected chi connectivity index (χ2v) is 3.58. The number of hydrogen-bond donors (Lipinski definition) is 0. The van der Waals surface area contributed by atoms with E-state index in [9.17, 15) is 4.39 Å². The van der Waals surface area contributed by atoms with Gasteiger partial charge in [-0.05, 0) is 45.8 Å². The van der Waals surface area contributed by atoms with Crippen LogP contribution in [0.25, 0.3) is 0 Å². The van der Waals surface area contributed by atoms with E-state index >= 15 is 0 Å². The molecular formula is C10H17F. The number of hydrogen-bond acceptors (Lipinski definition) is 0. The molecule has 0 amide bonds. The Hall–Kier alpha value is -0.590. The second-order valence-electron chi connectivity index (χ2n) is 3.58. The third-order valence-corrected chi connectivity index (χ3v) is 1.92. The Balaban J connectivity index is 4.67. The molecule has 0 atom stereocenters. The molecule has 11 heavy (non-hydrogen) atoms. The van der Waals surface area contributed by atoms with Crippen LogP contribution in [0.1, 0.15) is 34.6 Å². The van der Waals surface area contributed by atoms with Crippen LogP contribution in [0.3, 0.4) is 0 Å². The van der Waals surface area contributed by atoms with Gasteiger partial charge in [0.2, 0.25) is 0 Å². The van der Waals surface area contributed by atoms with Crippen LogP contribution in [-0.4, -0.2) is 5.67 Å². The van der Waals surface area contributed by atoms with Gasteiger partial charge in [0.05, 0.1) is 0 Å². The van der Waals surface area contributed by atoms with Crippen molar-refractivity contribution in [1.29, 1.82) is 0 Å². The molecule has 0 rings (SSSR count). The number of halogens is 1. The molecular weight excluding hydrogens is 139 g/mol. The van der Waals surface area contributed by atoms with Crippen molar-refractivity contribution in [2.45, 2.75) is 40.3 Å². The van der Waals surface area contributed by atoms with Crippen molar-refractivity contribution < 1.29 is 4.39 Å². The first-order chi connectivity index (χ1) is 4.76. The minimum atomic E-state index is -1.29. The van der Waals surface area contributed by atoms with Gasteiger partial charge in [0.1, 0.15) is 5.67 Å². The van der Waals surface area contributed by atoms with E-state index in [1.807, 2.05) is 20.8 Å².